The van der Waals surface area contributed by atoms with Crippen LogP contribution in [0.4, 0.5) is 5.13 Å². The lowest BCUT2D eigenvalue weighted by molar-refractivity contribution is -0.121. The van der Waals surface area contributed by atoms with Gasteiger partial charge in [-0.3, -0.25) is 14.5 Å². The molecule has 0 unspecified atom stereocenters. The number of hydrogen-bond donors (Lipinski definition) is 0. The van der Waals surface area contributed by atoms with Crippen molar-refractivity contribution in [3.8, 4) is 0 Å². The van der Waals surface area contributed by atoms with Gasteiger partial charge in [-0.15, -0.1) is 0 Å². The molecule has 5 nitrogen and oxygen atoms in total. The van der Waals surface area contributed by atoms with Gasteiger partial charge in [-0.25, -0.2) is 4.98 Å². The fourth-order valence-corrected chi connectivity index (χ4v) is 4.76. The summed E-state index contributed by atoms with van der Waals surface area (Å²) >= 11 is 1.71. The van der Waals surface area contributed by atoms with Crippen LogP contribution < -0.4 is 4.90 Å². The summed E-state index contributed by atoms with van der Waals surface area (Å²) in [7, 11) is 0. The van der Waals surface area contributed by atoms with Crippen LogP contribution in [-0.2, 0) is 16.1 Å². The molecule has 3 heterocycles. The van der Waals surface area contributed by atoms with Crippen molar-refractivity contribution in [3.63, 3.8) is 0 Å². The fourth-order valence-electron chi connectivity index (χ4n) is 3.74. The van der Waals surface area contributed by atoms with E-state index in [1.807, 2.05) is 24.3 Å². The van der Waals surface area contributed by atoms with Gasteiger partial charge in [0, 0.05) is 58.4 Å². The summed E-state index contributed by atoms with van der Waals surface area (Å²) < 4.78 is 1.22. The number of carbonyl (C=O) groups excluding carboxylic acids is 2. The molecule has 0 spiro atoms. The van der Waals surface area contributed by atoms with Crippen molar-refractivity contribution in [1.82, 2.24) is 9.88 Å². The Morgan fingerprint density at radius 2 is 1.37 bits per heavy atom. The van der Waals surface area contributed by atoms with Gasteiger partial charge in [-0.2, -0.15) is 0 Å². The second-order valence-electron chi connectivity index (χ2n) is 7.79. The highest BCUT2D eigenvalue weighted by molar-refractivity contribution is 7.22. The Hall–Kier alpha value is -2.57. The lowest BCUT2D eigenvalue weighted by atomic mass is 10.1. The maximum atomic E-state index is 11.2. The number of rotatable bonds is 3. The quantitative estimate of drug-likeness (QED) is 0.631. The first-order valence-corrected chi connectivity index (χ1v) is 11.4. The monoisotopic (exact) mass is 421 g/mol. The minimum atomic E-state index is 0.373. The summed E-state index contributed by atoms with van der Waals surface area (Å²) in [5, 5.41) is 1.05. The average Bonchev–Trinajstić information content (AvgIpc) is 3.21. The second kappa shape index (κ2) is 9.96. The van der Waals surface area contributed by atoms with Crippen LogP contribution in [0, 0.1) is 0 Å². The van der Waals surface area contributed by atoms with E-state index in [0.717, 1.165) is 56.2 Å². The molecule has 2 saturated heterocycles. The summed E-state index contributed by atoms with van der Waals surface area (Å²) in [4.78, 5) is 31.4. The van der Waals surface area contributed by atoms with Crippen LogP contribution in [0.15, 0.2) is 54.6 Å². The fraction of sp³-hybridized carbons (Fsp3) is 0.375. The Labute approximate surface area is 181 Å². The van der Waals surface area contributed by atoms with Crippen molar-refractivity contribution in [3.05, 3.63) is 60.2 Å². The SMILES string of the molecule is O=C1CCN(Cc2ccccc2)CC1.O=C1CCN(c2nc3ccccc3s2)CC1. The molecule has 0 atom stereocenters. The Kier molecular flexibility index (Phi) is 6.87. The van der Waals surface area contributed by atoms with E-state index in [-0.39, 0.29) is 0 Å². The molecule has 2 aliphatic heterocycles. The topological polar surface area (TPSA) is 53.5 Å². The lowest BCUT2D eigenvalue weighted by Gasteiger charge is -2.25. The molecule has 0 aliphatic carbocycles. The Balaban J connectivity index is 0.000000147. The van der Waals surface area contributed by atoms with Gasteiger partial charge in [0.25, 0.3) is 0 Å². The van der Waals surface area contributed by atoms with Crippen molar-refractivity contribution >= 4 is 38.3 Å². The zero-order valence-corrected chi connectivity index (χ0v) is 17.9. The number of para-hydroxylation sites is 1. The molecule has 6 heteroatoms. The molecule has 2 fully saturated rings. The molecule has 30 heavy (non-hydrogen) atoms. The van der Waals surface area contributed by atoms with Crippen molar-refractivity contribution in [2.75, 3.05) is 31.1 Å². The van der Waals surface area contributed by atoms with Gasteiger partial charge in [0.2, 0.25) is 0 Å². The van der Waals surface area contributed by atoms with Crippen LogP contribution >= 0.6 is 11.3 Å². The summed E-state index contributed by atoms with van der Waals surface area (Å²) in [6.45, 7) is 4.47. The van der Waals surface area contributed by atoms with Crippen LogP contribution in [0.3, 0.4) is 0 Å². The number of anilines is 1. The number of Topliss-reactive ketones (excluding diaryl/α,β-unsaturated/α-hetero) is 2. The summed E-state index contributed by atoms with van der Waals surface area (Å²) in [5.74, 6) is 0.784. The Morgan fingerprint density at radius 3 is 2.03 bits per heavy atom. The van der Waals surface area contributed by atoms with Gasteiger partial charge in [-0.05, 0) is 17.7 Å². The molecule has 2 aliphatic rings. The highest BCUT2D eigenvalue weighted by Crippen LogP contribution is 2.29. The van der Waals surface area contributed by atoms with Crippen LogP contribution in [0.2, 0.25) is 0 Å². The number of fused-ring (bicyclic) bond motifs is 1. The number of likely N-dealkylation sites (tertiary alicyclic amines) is 1. The van der Waals surface area contributed by atoms with Gasteiger partial charge in [-0.1, -0.05) is 53.8 Å². The van der Waals surface area contributed by atoms with Crippen molar-refractivity contribution in [1.29, 1.82) is 0 Å². The molecule has 0 bridgehead atoms. The van der Waals surface area contributed by atoms with Crippen LogP contribution in [0.5, 0.6) is 0 Å². The van der Waals surface area contributed by atoms with E-state index in [9.17, 15) is 9.59 Å². The third-order valence-electron chi connectivity index (χ3n) is 5.54. The normalized spacial score (nSPS) is 17.7. The number of benzene rings is 2. The van der Waals surface area contributed by atoms with Gasteiger partial charge < -0.3 is 4.90 Å². The van der Waals surface area contributed by atoms with E-state index in [4.69, 9.17) is 0 Å². The third kappa shape index (κ3) is 5.52. The predicted octanol–water partition coefficient (Wildman–Crippen LogP) is 4.32. The zero-order valence-electron chi connectivity index (χ0n) is 17.1. The van der Waals surface area contributed by atoms with E-state index in [1.165, 1.54) is 10.3 Å². The molecule has 3 aromatic rings. The minimum absolute atomic E-state index is 0.373. The first-order chi connectivity index (χ1) is 14.7. The second-order valence-corrected chi connectivity index (χ2v) is 8.80. The highest BCUT2D eigenvalue weighted by atomic mass is 32.1. The van der Waals surface area contributed by atoms with Crippen molar-refractivity contribution in [2.45, 2.75) is 32.2 Å². The maximum Gasteiger partial charge on any atom is 0.186 e. The first-order valence-electron chi connectivity index (χ1n) is 10.6. The lowest BCUT2D eigenvalue weighted by Crippen LogP contribution is -2.33. The van der Waals surface area contributed by atoms with Crippen LogP contribution in [0.25, 0.3) is 10.2 Å². The maximum absolute atomic E-state index is 11.2. The average molecular weight is 422 g/mol. The molecule has 156 valence electrons. The number of nitrogens with zero attached hydrogens (tertiary/aromatic N) is 3. The number of carbonyl (C=O) groups is 2. The van der Waals surface area contributed by atoms with Crippen molar-refractivity contribution in [2.24, 2.45) is 0 Å². The molecule has 1 aromatic heterocycles. The van der Waals surface area contributed by atoms with Gasteiger partial charge in [0.05, 0.1) is 10.2 Å². The van der Waals surface area contributed by atoms with E-state index >= 15 is 0 Å². The molecule has 2 aromatic carbocycles. The number of thiazole rings is 1. The Morgan fingerprint density at radius 1 is 0.767 bits per heavy atom. The number of ketones is 2. The molecular weight excluding hydrogens is 394 g/mol. The predicted molar refractivity (Wildman–Crippen MR) is 122 cm³/mol. The third-order valence-corrected chi connectivity index (χ3v) is 6.63. The Bertz CT molecular complexity index is 949. The molecule has 0 amide bonds. The van der Waals surface area contributed by atoms with Crippen LogP contribution in [0.1, 0.15) is 31.2 Å². The van der Waals surface area contributed by atoms with Crippen molar-refractivity contribution < 1.29 is 9.59 Å². The van der Waals surface area contributed by atoms with Crippen LogP contribution in [-0.4, -0.2) is 47.6 Å². The van der Waals surface area contributed by atoms with E-state index < -0.39 is 0 Å². The summed E-state index contributed by atoms with van der Waals surface area (Å²) in [6, 6.07) is 18.6. The highest BCUT2D eigenvalue weighted by Gasteiger charge is 2.19. The smallest absolute Gasteiger partial charge is 0.186 e. The molecule has 0 N–H and O–H groups in total. The molecular formula is C24H27N3O2S. The standard InChI is InChI=1S/C12H12N2OS.C12H15NO/c15-9-5-7-14(8-6-9)12-13-10-3-1-2-4-11(10)16-12;14-12-6-8-13(9-7-12)10-11-4-2-1-3-5-11/h1-4H,5-8H2;1-5H,6-10H2. The van der Waals surface area contributed by atoms with Gasteiger partial charge in [0.1, 0.15) is 11.6 Å². The molecule has 0 radical (unpaired) electrons. The molecule has 0 saturated carbocycles. The van der Waals surface area contributed by atoms with E-state index in [0.29, 0.717) is 24.4 Å². The van der Waals surface area contributed by atoms with E-state index in [1.54, 1.807) is 11.3 Å². The van der Waals surface area contributed by atoms with Gasteiger partial charge >= 0.3 is 0 Å². The number of aromatic nitrogens is 1. The van der Waals surface area contributed by atoms with E-state index in [2.05, 4.69) is 45.1 Å². The number of piperidine rings is 2. The zero-order chi connectivity index (χ0) is 20.8. The molecule has 5 rings (SSSR count). The number of hydrogen-bond acceptors (Lipinski definition) is 6. The summed E-state index contributed by atoms with van der Waals surface area (Å²) in [5.41, 5.74) is 2.39. The van der Waals surface area contributed by atoms with Gasteiger partial charge in [0.15, 0.2) is 5.13 Å². The minimum Gasteiger partial charge on any atom is -0.347 e. The largest absolute Gasteiger partial charge is 0.347 e. The summed E-state index contributed by atoms with van der Waals surface area (Å²) in [6.07, 6.45) is 2.78. The first kappa shape index (κ1) is 20.7.